The van der Waals surface area contributed by atoms with Crippen LogP contribution in [0.3, 0.4) is 0 Å². The molecule has 0 bridgehead atoms. The third-order valence-electron chi connectivity index (χ3n) is 8.98. The van der Waals surface area contributed by atoms with E-state index < -0.39 is 0 Å². The lowest BCUT2D eigenvalue weighted by Crippen LogP contribution is -2.08. The van der Waals surface area contributed by atoms with Gasteiger partial charge in [-0.1, -0.05) is 125 Å². The molecule has 8 aromatic rings. The second-order valence-electron chi connectivity index (χ2n) is 11.5. The fourth-order valence-electron chi connectivity index (χ4n) is 6.94. The molecule has 0 amide bonds. The van der Waals surface area contributed by atoms with Crippen molar-refractivity contribution in [2.24, 2.45) is 0 Å². The molecule has 0 saturated carbocycles. The number of furan rings is 1. The number of fused-ring (bicyclic) bond motifs is 6. The Morgan fingerprint density at radius 1 is 0.500 bits per heavy atom. The monoisotopic (exact) mass is 627 g/mol. The molecule has 0 aliphatic carbocycles. The molecule has 9 rings (SSSR count). The van der Waals surface area contributed by atoms with Gasteiger partial charge in [0, 0.05) is 44.2 Å². The molecule has 1 aliphatic heterocycles. The fourth-order valence-corrected chi connectivity index (χ4v) is 7.60. The van der Waals surface area contributed by atoms with Crippen molar-refractivity contribution in [3.8, 4) is 33.4 Å². The van der Waals surface area contributed by atoms with Crippen molar-refractivity contribution in [1.82, 2.24) is 0 Å². The topological polar surface area (TPSA) is 25.2 Å². The van der Waals surface area contributed by atoms with E-state index in [0.717, 1.165) is 32.8 Å². The van der Waals surface area contributed by atoms with Gasteiger partial charge in [0.05, 0.1) is 0 Å². The molecule has 7 aromatic carbocycles. The number of para-hydroxylation sites is 3. The maximum Gasteiger partial charge on any atom is 0.135 e. The molecule has 0 spiro atoms. The van der Waals surface area contributed by atoms with Crippen molar-refractivity contribution < 1.29 is 4.42 Å². The fraction of sp³-hybridized carbons (Fsp3) is 0.0244. The third-order valence-corrected chi connectivity index (χ3v) is 9.60. The predicted molar refractivity (Wildman–Crippen MR) is 188 cm³/mol. The molecule has 0 atom stereocenters. The largest absolute Gasteiger partial charge is 0.456 e. The second-order valence-corrected chi connectivity index (χ2v) is 12.3. The summed E-state index contributed by atoms with van der Waals surface area (Å²) in [6, 6.07) is 49.9. The van der Waals surface area contributed by atoms with Gasteiger partial charge in [0.2, 0.25) is 0 Å². The summed E-state index contributed by atoms with van der Waals surface area (Å²) in [5, 5.41) is 8.48. The zero-order valence-electron chi connectivity index (χ0n) is 23.8. The molecular formula is C41H26BrNO. The highest BCUT2D eigenvalue weighted by Gasteiger charge is 2.22. The van der Waals surface area contributed by atoms with Crippen molar-refractivity contribution in [3.63, 3.8) is 0 Å². The van der Waals surface area contributed by atoms with Crippen molar-refractivity contribution in [3.05, 3.63) is 155 Å². The lowest BCUT2D eigenvalue weighted by molar-refractivity contribution is 0.669. The van der Waals surface area contributed by atoms with Crippen LogP contribution in [0.25, 0.3) is 66.1 Å². The van der Waals surface area contributed by atoms with Crippen LogP contribution in [0.1, 0.15) is 11.1 Å². The van der Waals surface area contributed by atoms with Crippen LogP contribution in [0.2, 0.25) is 0 Å². The number of hydrogen-bond acceptors (Lipinski definition) is 2. The molecular weight excluding hydrogens is 602 g/mol. The minimum atomic E-state index is 0.909. The van der Waals surface area contributed by atoms with E-state index in [1.807, 2.05) is 12.1 Å². The minimum Gasteiger partial charge on any atom is -0.456 e. The van der Waals surface area contributed by atoms with Crippen LogP contribution in [0.5, 0.6) is 0 Å². The Bertz CT molecular complexity index is 2420. The Labute approximate surface area is 263 Å². The molecule has 1 N–H and O–H groups in total. The molecule has 0 fully saturated rings. The van der Waals surface area contributed by atoms with Crippen LogP contribution in [0, 0.1) is 0 Å². The highest BCUT2D eigenvalue weighted by molar-refractivity contribution is 9.10. The first kappa shape index (κ1) is 25.4. The zero-order chi connectivity index (χ0) is 29.2. The summed E-state index contributed by atoms with van der Waals surface area (Å²) < 4.78 is 7.20. The number of anilines is 2. The van der Waals surface area contributed by atoms with Gasteiger partial charge in [-0.25, -0.2) is 0 Å². The van der Waals surface area contributed by atoms with Crippen LogP contribution >= 0.6 is 15.9 Å². The highest BCUT2D eigenvalue weighted by atomic mass is 79.9. The van der Waals surface area contributed by atoms with Crippen LogP contribution in [0.4, 0.5) is 11.4 Å². The SMILES string of the molecule is Brc1cc(-c2ccc3oc4ccccc4c3c2)c2ccccc2c1-c1ccccc1-c1cccc2c1Nc1ccccc1C2. The van der Waals surface area contributed by atoms with E-state index in [1.165, 1.54) is 66.7 Å². The van der Waals surface area contributed by atoms with E-state index in [0.29, 0.717) is 0 Å². The Kier molecular flexibility index (Phi) is 5.75. The van der Waals surface area contributed by atoms with Gasteiger partial charge in [0.15, 0.2) is 0 Å². The van der Waals surface area contributed by atoms with Crippen molar-refractivity contribution in [2.75, 3.05) is 5.32 Å². The smallest absolute Gasteiger partial charge is 0.135 e. The summed E-state index contributed by atoms with van der Waals surface area (Å²) in [4.78, 5) is 0. The van der Waals surface area contributed by atoms with Gasteiger partial charge < -0.3 is 9.73 Å². The molecule has 1 aliphatic rings. The summed E-state index contributed by atoms with van der Waals surface area (Å²) in [7, 11) is 0. The predicted octanol–water partition coefficient (Wildman–Crippen LogP) is 12.2. The van der Waals surface area contributed by atoms with Crippen LogP contribution in [-0.2, 0) is 6.42 Å². The Hall–Kier alpha value is -5.12. The van der Waals surface area contributed by atoms with Gasteiger partial charge in [-0.05, 0) is 74.5 Å². The molecule has 208 valence electrons. The first-order valence-electron chi connectivity index (χ1n) is 14.9. The molecule has 2 heterocycles. The lowest BCUT2D eigenvalue weighted by Gasteiger charge is -2.25. The average molecular weight is 629 g/mol. The molecule has 44 heavy (non-hydrogen) atoms. The van der Waals surface area contributed by atoms with E-state index in [1.54, 1.807) is 0 Å². The van der Waals surface area contributed by atoms with Gasteiger partial charge in [-0.3, -0.25) is 0 Å². The number of halogens is 1. The molecule has 0 saturated heterocycles. The first-order chi connectivity index (χ1) is 21.7. The zero-order valence-corrected chi connectivity index (χ0v) is 25.4. The van der Waals surface area contributed by atoms with Gasteiger partial charge in [-0.2, -0.15) is 0 Å². The number of hydrogen-bond donors (Lipinski definition) is 1. The highest BCUT2D eigenvalue weighted by Crippen LogP contribution is 2.47. The van der Waals surface area contributed by atoms with Gasteiger partial charge >= 0.3 is 0 Å². The first-order valence-corrected chi connectivity index (χ1v) is 15.7. The quantitative estimate of drug-likeness (QED) is 0.211. The van der Waals surface area contributed by atoms with Crippen LogP contribution in [0.15, 0.2) is 148 Å². The second kappa shape index (κ2) is 9.97. The van der Waals surface area contributed by atoms with E-state index in [9.17, 15) is 0 Å². The van der Waals surface area contributed by atoms with Crippen molar-refractivity contribution in [1.29, 1.82) is 0 Å². The molecule has 0 radical (unpaired) electrons. The standard InChI is InChI=1S/C41H26BrNO/c42-36-24-34(25-20-21-39-35(23-25)30-14-6-8-19-38(30)44-39)29-13-3-5-16-32(29)40(36)31-15-4-2-12-28(31)33-17-9-11-27-22-26-10-1-7-18-37(26)43-41(27)33/h1-21,23-24,43H,22H2. The normalized spacial score (nSPS) is 12.3. The van der Waals surface area contributed by atoms with E-state index >= 15 is 0 Å². The maximum absolute atomic E-state index is 6.13. The van der Waals surface area contributed by atoms with Gasteiger partial charge in [-0.15, -0.1) is 0 Å². The average Bonchev–Trinajstić information content (AvgIpc) is 3.45. The summed E-state index contributed by atoms with van der Waals surface area (Å²) in [5.41, 5.74) is 14.0. The summed E-state index contributed by atoms with van der Waals surface area (Å²) >= 11 is 4.05. The molecule has 2 nitrogen and oxygen atoms in total. The van der Waals surface area contributed by atoms with E-state index in [-0.39, 0.29) is 0 Å². The Morgan fingerprint density at radius 3 is 2.09 bits per heavy atom. The van der Waals surface area contributed by atoms with E-state index in [4.69, 9.17) is 4.42 Å². The number of nitrogens with one attached hydrogen (secondary N) is 1. The summed E-state index contributed by atoms with van der Waals surface area (Å²) in [6.45, 7) is 0. The van der Waals surface area contributed by atoms with E-state index in [2.05, 4.69) is 149 Å². The minimum absolute atomic E-state index is 0.909. The van der Waals surface area contributed by atoms with Crippen molar-refractivity contribution >= 4 is 60.0 Å². The number of benzene rings is 7. The van der Waals surface area contributed by atoms with Crippen LogP contribution in [-0.4, -0.2) is 0 Å². The molecule has 0 unspecified atom stereocenters. The van der Waals surface area contributed by atoms with Gasteiger partial charge in [0.25, 0.3) is 0 Å². The number of rotatable bonds is 3. The Morgan fingerprint density at radius 2 is 1.18 bits per heavy atom. The Balaban J connectivity index is 1.24. The molecule has 1 aromatic heterocycles. The summed E-state index contributed by atoms with van der Waals surface area (Å²) in [6.07, 6.45) is 0.923. The molecule has 3 heteroatoms. The maximum atomic E-state index is 6.13. The van der Waals surface area contributed by atoms with Crippen LogP contribution < -0.4 is 5.32 Å². The summed E-state index contributed by atoms with van der Waals surface area (Å²) in [5.74, 6) is 0. The van der Waals surface area contributed by atoms with Gasteiger partial charge in [0.1, 0.15) is 11.2 Å². The third kappa shape index (κ3) is 3.93. The lowest BCUT2D eigenvalue weighted by atomic mass is 9.86. The van der Waals surface area contributed by atoms with Crippen molar-refractivity contribution in [2.45, 2.75) is 6.42 Å².